The molecule has 46 heavy (non-hydrogen) atoms. The van der Waals surface area contributed by atoms with Gasteiger partial charge in [-0.25, -0.2) is 14.4 Å². The summed E-state index contributed by atoms with van der Waals surface area (Å²) in [5, 5.41) is 5.45. The molecule has 13 heteroatoms. The quantitative estimate of drug-likeness (QED) is 0.295. The second kappa shape index (κ2) is 14.6. The summed E-state index contributed by atoms with van der Waals surface area (Å²) in [6.45, 7) is 11.6. The molecule has 0 spiro atoms. The van der Waals surface area contributed by atoms with Gasteiger partial charge < -0.3 is 24.8 Å². The number of nitrogens with one attached hydrogen (secondary N) is 2. The number of ether oxygens (including phenoxy) is 3. The van der Waals surface area contributed by atoms with Crippen molar-refractivity contribution in [3.8, 4) is 5.69 Å². The van der Waals surface area contributed by atoms with Gasteiger partial charge in [0.05, 0.1) is 34.6 Å². The van der Waals surface area contributed by atoms with Crippen molar-refractivity contribution in [1.82, 2.24) is 19.8 Å². The molecule has 0 aliphatic carbocycles. The Hall–Kier alpha value is -3.98. The molecule has 1 fully saturated rings. The lowest BCUT2D eigenvalue weighted by Crippen LogP contribution is -2.53. The van der Waals surface area contributed by atoms with Gasteiger partial charge in [0.25, 0.3) is 5.91 Å². The average molecular weight is 746 g/mol. The number of hydrogen-bond acceptors (Lipinski definition) is 8. The van der Waals surface area contributed by atoms with Gasteiger partial charge in [-0.2, -0.15) is 4.98 Å². The number of benzene rings is 2. The first-order chi connectivity index (χ1) is 21.6. The standard InChI is InChI=1S/C33H40IN5O7/c1-32(2,3)45-30(42)35-17-16-24-19-44-20-26(39(24)31(43)46-33(4,5)6)21-12-14-23(15-13-21)38-18-25(34)27(37-29(38)41)36-28(40)22-10-8-7-9-11-22/h7-15,18,24,26H,16-17,19-20H2,1-6H3,(H,35,42)(H,36,37,40,41). The third kappa shape index (κ3) is 9.52. The number of carbonyl (C=O) groups excluding carboxylic acids is 3. The molecule has 1 saturated heterocycles. The van der Waals surface area contributed by atoms with Crippen molar-refractivity contribution in [3.05, 3.63) is 86.0 Å². The number of carbonyl (C=O) groups is 3. The maximum absolute atomic E-state index is 13.5. The van der Waals surface area contributed by atoms with Crippen LogP contribution in [0.5, 0.6) is 0 Å². The molecule has 1 aromatic heterocycles. The molecule has 2 aromatic carbocycles. The van der Waals surface area contributed by atoms with Crippen molar-refractivity contribution >= 4 is 46.5 Å². The molecular formula is C33H40IN5O7. The van der Waals surface area contributed by atoms with Gasteiger partial charge in [0.2, 0.25) is 0 Å². The summed E-state index contributed by atoms with van der Waals surface area (Å²) in [6.07, 6.45) is 0.997. The first-order valence-electron chi connectivity index (χ1n) is 14.9. The molecule has 2 heterocycles. The zero-order valence-electron chi connectivity index (χ0n) is 26.8. The number of amides is 3. The maximum Gasteiger partial charge on any atom is 0.411 e. The fourth-order valence-corrected chi connectivity index (χ4v) is 5.32. The van der Waals surface area contributed by atoms with Gasteiger partial charge in [0.15, 0.2) is 5.82 Å². The minimum atomic E-state index is -0.721. The monoisotopic (exact) mass is 745 g/mol. The van der Waals surface area contributed by atoms with E-state index in [9.17, 15) is 19.2 Å². The number of aromatic nitrogens is 2. The van der Waals surface area contributed by atoms with E-state index in [0.717, 1.165) is 5.56 Å². The van der Waals surface area contributed by atoms with E-state index in [4.69, 9.17) is 14.2 Å². The van der Waals surface area contributed by atoms with Crippen molar-refractivity contribution in [2.24, 2.45) is 0 Å². The number of halogens is 1. The number of morpholine rings is 1. The fourth-order valence-electron chi connectivity index (χ4n) is 4.79. The lowest BCUT2D eigenvalue weighted by molar-refractivity contribution is -0.0635. The average Bonchev–Trinajstić information content (AvgIpc) is 2.97. The highest BCUT2D eigenvalue weighted by Crippen LogP contribution is 2.31. The van der Waals surface area contributed by atoms with Crippen molar-refractivity contribution in [1.29, 1.82) is 0 Å². The molecule has 0 radical (unpaired) electrons. The number of alkyl carbamates (subject to hydrolysis) is 1. The second-order valence-electron chi connectivity index (χ2n) is 12.8. The summed E-state index contributed by atoms with van der Waals surface area (Å²) in [4.78, 5) is 57.1. The molecule has 1 aliphatic heterocycles. The molecular weight excluding hydrogens is 705 g/mol. The minimum absolute atomic E-state index is 0.173. The normalized spacial score (nSPS) is 16.8. The predicted molar refractivity (Wildman–Crippen MR) is 181 cm³/mol. The van der Waals surface area contributed by atoms with E-state index >= 15 is 0 Å². The number of rotatable bonds is 7. The van der Waals surface area contributed by atoms with Crippen LogP contribution in [-0.2, 0) is 14.2 Å². The van der Waals surface area contributed by atoms with E-state index in [1.165, 1.54) is 4.57 Å². The lowest BCUT2D eigenvalue weighted by Gasteiger charge is -2.42. The molecule has 2 atom stereocenters. The number of hydrogen-bond donors (Lipinski definition) is 2. The summed E-state index contributed by atoms with van der Waals surface area (Å²) in [5.41, 5.74) is -0.127. The van der Waals surface area contributed by atoms with Crippen molar-refractivity contribution in [2.75, 3.05) is 25.1 Å². The van der Waals surface area contributed by atoms with E-state index in [2.05, 4.69) is 15.6 Å². The van der Waals surface area contributed by atoms with Crippen LogP contribution in [0.25, 0.3) is 5.69 Å². The molecule has 0 saturated carbocycles. The Morgan fingerprint density at radius 3 is 2.24 bits per heavy atom. The van der Waals surface area contributed by atoms with Crippen LogP contribution in [0.2, 0.25) is 0 Å². The molecule has 3 amide bonds. The summed E-state index contributed by atoms with van der Waals surface area (Å²) in [5.74, 6) is -0.192. The SMILES string of the molecule is CC(C)(C)OC(=O)NCCC1COCC(c2ccc(-n3cc(I)c(NC(=O)c4ccccc4)nc3=O)cc2)N1C(=O)OC(C)(C)C. The summed E-state index contributed by atoms with van der Waals surface area (Å²) in [7, 11) is 0. The summed E-state index contributed by atoms with van der Waals surface area (Å²) < 4.78 is 19.0. The highest BCUT2D eigenvalue weighted by atomic mass is 127. The largest absolute Gasteiger partial charge is 0.444 e. The van der Waals surface area contributed by atoms with Crippen LogP contribution in [0.3, 0.4) is 0 Å². The Labute approximate surface area is 282 Å². The lowest BCUT2D eigenvalue weighted by atomic mass is 10.0. The van der Waals surface area contributed by atoms with Gasteiger partial charge in [-0.3, -0.25) is 14.3 Å². The van der Waals surface area contributed by atoms with Gasteiger partial charge in [0.1, 0.15) is 11.2 Å². The van der Waals surface area contributed by atoms with Gasteiger partial charge in [-0.1, -0.05) is 30.3 Å². The fraction of sp³-hybridized carbons (Fsp3) is 0.424. The summed E-state index contributed by atoms with van der Waals surface area (Å²) >= 11 is 2.02. The molecule has 3 aromatic rings. The first-order valence-corrected chi connectivity index (χ1v) is 16.0. The number of anilines is 1. The van der Waals surface area contributed by atoms with Gasteiger partial charge >= 0.3 is 17.9 Å². The Kier molecular flexibility index (Phi) is 11.1. The smallest absolute Gasteiger partial charge is 0.411 e. The molecule has 4 rings (SSSR count). The van der Waals surface area contributed by atoms with E-state index in [1.807, 2.05) is 40.8 Å². The highest BCUT2D eigenvalue weighted by Gasteiger charge is 2.38. The molecule has 1 aliphatic rings. The summed E-state index contributed by atoms with van der Waals surface area (Å²) in [6, 6.07) is 15.0. The molecule has 2 N–H and O–H groups in total. The van der Waals surface area contributed by atoms with Crippen LogP contribution in [-0.4, -0.2) is 69.5 Å². The van der Waals surface area contributed by atoms with Crippen molar-refractivity contribution < 1.29 is 28.6 Å². The highest BCUT2D eigenvalue weighted by molar-refractivity contribution is 14.1. The van der Waals surface area contributed by atoms with Crippen LogP contribution in [0.4, 0.5) is 15.4 Å². The molecule has 12 nitrogen and oxygen atoms in total. The zero-order chi connectivity index (χ0) is 33.6. The van der Waals surface area contributed by atoms with E-state index in [0.29, 0.717) is 21.2 Å². The van der Waals surface area contributed by atoms with Gasteiger partial charge in [0, 0.05) is 18.3 Å². The Morgan fingerprint density at radius 1 is 0.957 bits per heavy atom. The first kappa shape index (κ1) is 34.9. The second-order valence-corrected chi connectivity index (χ2v) is 14.0. The Morgan fingerprint density at radius 2 is 1.61 bits per heavy atom. The number of nitrogens with zero attached hydrogens (tertiary/aromatic N) is 3. The van der Waals surface area contributed by atoms with E-state index < -0.39 is 35.1 Å². The molecule has 0 bridgehead atoms. The Balaban J connectivity index is 1.53. The van der Waals surface area contributed by atoms with Crippen molar-refractivity contribution in [3.63, 3.8) is 0 Å². The van der Waals surface area contributed by atoms with Crippen LogP contribution >= 0.6 is 22.6 Å². The molecule has 2 unspecified atom stereocenters. The van der Waals surface area contributed by atoms with Crippen LogP contribution in [0.1, 0.15) is 69.9 Å². The van der Waals surface area contributed by atoms with Crippen molar-refractivity contribution in [2.45, 2.75) is 71.2 Å². The van der Waals surface area contributed by atoms with Gasteiger partial charge in [-0.15, -0.1) is 0 Å². The van der Waals surface area contributed by atoms with Crippen LogP contribution < -0.4 is 16.3 Å². The zero-order valence-corrected chi connectivity index (χ0v) is 29.0. The minimum Gasteiger partial charge on any atom is -0.444 e. The van der Waals surface area contributed by atoms with Crippen LogP contribution in [0.15, 0.2) is 65.6 Å². The molecule has 246 valence electrons. The van der Waals surface area contributed by atoms with Crippen LogP contribution in [0, 0.1) is 3.57 Å². The Bertz CT molecular complexity index is 1600. The van der Waals surface area contributed by atoms with E-state index in [1.54, 1.807) is 89.0 Å². The van der Waals surface area contributed by atoms with E-state index in [-0.39, 0.29) is 37.5 Å². The maximum atomic E-state index is 13.5. The topological polar surface area (TPSA) is 141 Å². The third-order valence-corrected chi connectivity index (χ3v) is 7.56. The van der Waals surface area contributed by atoms with Gasteiger partial charge in [-0.05, 0) is 100 Å². The third-order valence-electron chi connectivity index (χ3n) is 6.77. The predicted octanol–water partition coefficient (Wildman–Crippen LogP) is 5.68.